The van der Waals surface area contributed by atoms with Gasteiger partial charge in [0.1, 0.15) is 4.88 Å². The van der Waals surface area contributed by atoms with Crippen molar-refractivity contribution in [2.45, 2.75) is 46.1 Å². The third-order valence-corrected chi connectivity index (χ3v) is 3.52. The SMILES string of the molecule is CCCc1ncc(C(=O)N(CC)CC(C)(C)O)s1. The van der Waals surface area contributed by atoms with E-state index in [1.54, 1.807) is 24.9 Å². The predicted octanol–water partition coefficient (Wildman–Crippen LogP) is 2.33. The van der Waals surface area contributed by atoms with Gasteiger partial charge in [-0.05, 0) is 33.6 Å². The van der Waals surface area contributed by atoms with Gasteiger partial charge in [0.15, 0.2) is 0 Å². The lowest BCUT2D eigenvalue weighted by Gasteiger charge is -2.27. The Morgan fingerprint density at radius 3 is 2.67 bits per heavy atom. The summed E-state index contributed by atoms with van der Waals surface area (Å²) >= 11 is 1.45. The molecule has 0 aliphatic carbocycles. The Bertz CT molecular complexity index is 396. The molecular weight excluding hydrogens is 248 g/mol. The van der Waals surface area contributed by atoms with Gasteiger partial charge in [-0.3, -0.25) is 4.79 Å². The molecule has 0 aliphatic heterocycles. The molecule has 1 rings (SSSR count). The van der Waals surface area contributed by atoms with Crippen molar-refractivity contribution in [3.63, 3.8) is 0 Å². The van der Waals surface area contributed by atoms with Crippen molar-refractivity contribution < 1.29 is 9.90 Å². The summed E-state index contributed by atoms with van der Waals surface area (Å²) in [5, 5.41) is 10.8. The Balaban J connectivity index is 2.76. The molecule has 0 aromatic carbocycles. The van der Waals surface area contributed by atoms with Crippen LogP contribution in [0.3, 0.4) is 0 Å². The first kappa shape index (κ1) is 15.1. The van der Waals surface area contributed by atoms with E-state index in [-0.39, 0.29) is 5.91 Å². The summed E-state index contributed by atoms with van der Waals surface area (Å²) in [6.07, 6.45) is 3.59. The van der Waals surface area contributed by atoms with E-state index in [1.165, 1.54) is 11.3 Å². The molecule has 18 heavy (non-hydrogen) atoms. The minimum Gasteiger partial charge on any atom is -0.389 e. The lowest BCUT2D eigenvalue weighted by Crippen LogP contribution is -2.41. The fourth-order valence-corrected chi connectivity index (χ4v) is 2.68. The average molecular weight is 270 g/mol. The molecular formula is C13H22N2O2S. The van der Waals surface area contributed by atoms with E-state index in [0.717, 1.165) is 17.8 Å². The van der Waals surface area contributed by atoms with Crippen LogP contribution in [0.2, 0.25) is 0 Å². The molecule has 1 heterocycles. The molecule has 0 saturated heterocycles. The molecule has 1 amide bonds. The van der Waals surface area contributed by atoms with Gasteiger partial charge in [0.05, 0.1) is 16.8 Å². The second-order valence-corrected chi connectivity index (χ2v) is 6.12. The first-order valence-electron chi connectivity index (χ1n) is 6.33. The maximum Gasteiger partial charge on any atom is 0.265 e. The summed E-state index contributed by atoms with van der Waals surface area (Å²) in [4.78, 5) is 18.8. The molecule has 0 saturated carbocycles. The van der Waals surface area contributed by atoms with Crippen LogP contribution in [0.4, 0.5) is 0 Å². The number of aliphatic hydroxyl groups is 1. The molecule has 1 aromatic heterocycles. The molecule has 5 heteroatoms. The van der Waals surface area contributed by atoms with E-state index < -0.39 is 5.60 Å². The van der Waals surface area contributed by atoms with E-state index in [4.69, 9.17) is 0 Å². The lowest BCUT2D eigenvalue weighted by molar-refractivity contribution is 0.0317. The van der Waals surface area contributed by atoms with Crippen LogP contribution in [0.15, 0.2) is 6.20 Å². The van der Waals surface area contributed by atoms with Gasteiger partial charge in [-0.15, -0.1) is 11.3 Å². The van der Waals surface area contributed by atoms with Gasteiger partial charge >= 0.3 is 0 Å². The lowest BCUT2D eigenvalue weighted by atomic mass is 10.1. The Morgan fingerprint density at radius 2 is 2.17 bits per heavy atom. The summed E-state index contributed by atoms with van der Waals surface area (Å²) in [6.45, 7) is 8.34. The van der Waals surface area contributed by atoms with Crippen molar-refractivity contribution in [1.29, 1.82) is 0 Å². The number of nitrogens with zero attached hydrogens (tertiary/aromatic N) is 2. The zero-order valence-corrected chi connectivity index (χ0v) is 12.4. The number of amides is 1. The zero-order valence-electron chi connectivity index (χ0n) is 11.6. The number of aromatic nitrogens is 1. The number of carbonyl (C=O) groups excluding carboxylic acids is 1. The van der Waals surface area contributed by atoms with Crippen LogP contribution in [0.1, 0.15) is 48.8 Å². The summed E-state index contributed by atoms with van der Waals surface area (Å²) in [6, 6.07) is 0. The summed E-state index contributed by atoms with van der Waals surface area (Å²) < 4.78 is 0. The van der Waals surface area contributed by atoms with Crippen molar-refractivity contribution in [2.75, 3.05) is 13.1 Å². The Morgan fingerprint density at radius 1 is 1.50 bits per heavy atom. The second-order valence-electron chi connectivity index (χ2n) is 5.00. The van der Waals surface area contributed by atoms with Crippen LogP contribution in [0.25, 0.3) is 0 Å². The third-order valence-electron chi connectivity index (χ3n) is 2.47. The fourth-order valence-electron chi connectivity index (χ4n) is 1.69. The van der Waals surface area contributed by atoms with Gasteiger partial charge < -0.3 is 10.0 Å². The topological polar surface area (TPSA) is 53.4 Å². The minimum absolute atomic E-state index is 0.0421. The predicted molar refractivity (Wildman–Crippen MR) is 74.0 cm³/mol. The van der Waals surface area contributed by atoms with Gasteiger partial charge in [0.2, 0.25) is 0 Å². The summed E-state index contributed by atoms with van der Waals surface area (Å²) in [5.41, 5.74) is -0.872. The Labute approximate surface area is 113 Å². The number of likely N-dealkylation sites (N-methyl/N-ethyl adjacent to an activating group) is 1. The van der Waals surface area contributed by atoms with E-state index in [0.29, 0.717) is 18.0 Å². The fraction of sp³-hybridized carbons (Fsp3) is 0.692. The third kappa shape index (κ3) is 4.38. The molecule has 0 atom stereocenters. The van der Waals surface area contributed by atoms with Gasteiger partial charge in [0.25, 0.3) is 5.91 Å². The molecule has 0 fully saturated rings. The first-order valence-corrected chi connectivity index (χ1v) is 7.15. The number of thiazole rings is 1. The van der Waals surface area contributed by atoms with Gasteiger partial charge in [0, 0.05) is 13.1 Å². The van der Waals surface area contributed by atoms with Gasteiger partial charge in [-0.1, -0.05) is 6.92 Å². The highest BCUT2D eigenvalue weighted by molar-refractivity contribution is 7.13. The van der Waals surface area contributed by atoms with Crippen LogP contribution in [-0.2, 0) is 6.42 Å². The highest BCUT2D eigenvalue weighted by Crippen LogP contribution is 2.18. The molecule has 0 spiro atoms. The molecule has 0 bridgehead atoms. The van der Waals surface area contributed by atoms with E-state index >= 15 is 0 Å². The van der Waals surface area contributed by atoms with E-state index in [9.17, 15) is 9.90 Å². The maximum atomic E-state index is 12.3. The Hall–Kier alpha value is -0.940. The van der Waals surface area contributed by atoms with Crippen LogP contribution >= 0.6 is 11.3 Å². The smallest absolute Gasteiger partial charge is 0.265 e. The monoisotopic (exact) mass is 270 g/mol. The number of rotatable bonds is 6. The highest BCUT2D eigenvalue weighted by Gasteiger charge is 2.23. The minimum atomic E-state index is -0.872. The Kier molecular flexibility index (Phi) is 5.28. The van der Waals surface area contributed by atoms with Gasteiger partial charge in [-0.2, -0.15) is 0 Å². The molecule has 0 unspecified atom stereocenters. The van der Waals surface area contributed by atoms with Crippen molar-refractivity contribution in [2.24, 2.45) is 0 Å². The average Bonchev–Trinajstić information content (AvgIpc) is 2.73. The molecule has 1 N–H and O–H groups in total. The largest absolute Gasteiger partial charge is 0.389 e. The van der Waals surface area contributed by atoms with Crippen LogP contribution in [0, 0.1) is 0 Å². The number of hydrogen-bond donors (Lipinski definition) is 1. The van der Waals surface area contributed by atoms with E-state index in [2.05, 4.69) is 11.9 Å². The van der Waals surface area contributed by atoms with Crippen LogP contribution in [-0.4, -0.2) is 39.6 Å². The van der Waals surface area contributed by atoms with Crippen molar-refractivity contribution in [1.82, 2.24) is 9.88 Å². The number of hydrogen-bond acceptors (Lipinski definition) is 4. The molecule has 0 aliphatic rings. The van der Waals surface area contributed by atoms with Crippen LogP contribution in [0.5, 0.6) is 0 Å². The van der Waals surface area contributed by atoms with E-state index in [1.807, 2.05) is 6.92 Å². The first-order chi connectivity index (χ1) is 8.37. The van der Waals surface area contributed by atoms with Gasteiger partial charge in [-0.25, -0.2) is 4.98 Å². The summed E-state index contributed by atoms with van der Waals surface area (Å²) in [5.74, 6) is -0.0421. The van der Waals surface area contributed by atoms with Crippen molar-refractivity contribution >= 4 is 17.2 Å². The molecule has 1 aromatic rings. The standard InChI is InChI=1S/C13H22N2O2S/c1-5-7-11-14-8-10(18-11)12(16)15(6-2)9-13(3,4)17/h8,17H,5-7,9H2,1-4H3. The normalized spacial score (nSPS) is 11.6. The highest BCUT2D eigenvalue weighted by atomic mass is 32.1. The second kappa shape index (κ2) is 6.29. The van der Waals surface area contributed by atoms with Crippen LogP contribution < -0.4 is 0 Å². The van der Waals surface area contributed by atoms with Crippen molar-refractivity contribution in [3.05, 3.63) is 16.1 Å². The zero-order chi connectivity index (χ0) is 13.8. The molecule has 0 radical (unpaired) electrons. The number of carbonyl (C=O) groups is 1. The summed E-state index contributed by atoms with van der Waals surface area (Å²) in [7, 11) is 0. The molecule has 4 nitrogen and oxygen atoms in total. The molecule has 102 valence electrons. The maximum absolute atomic E-state index is 12.3. The number of aryl methyl sites for hydroxylation is 1. The van der Waals surface area contributed by atoms with Crippen molar-refractivity contribution in [3.8, 4) is 0 Å². The quantitative estimate of drug-likeness (QED) is 0.863.